The Labute approximate surface area is 171 Å². The molecule has 3 rings (SSSR count). The largest absolute Gasteiger partial charge is 0.369 e. The Hall–Kier alpha value is -2.26. The number of benzene rings is 1. The van der Waals surface area contributed by atoms with E-state index < -0.39 is 0 Å². The van der Waals surface area contributed by atoms with Gasteiger partial charge in [0.1, 0.15) is 6.54 Å². The quantitative estimate of drug-likeness (QED) is 0.609. The maximum Gasteiger partial charge on any atom is 0.261 e. The summed E-state index contributed by atoms with van der Waals surface area (Å²) in [6, 6.07) is 5.28. The molecule has 1 atom stereocenters. The van der Waals surface area contributed by atoms with Crippen molar-refractivity contribution in [3.05, 3.63) is 39.4 Å². The minimum atomic E-state index is -0.243. The fourth-order valence-electron chi connectivity index (χ4n) is 3.48. The van der Waals surface area contributed by atoms with Crippen molar-refractivity contribution < 1.29 is 9.59 Å². The summed E-state index contributed by atoms with van der Waals surface area (Å²) in [5.41, 5.74) is 5.75. The van der Waals surface area contributed by atoms with Crippen LogP contribution in [0.15, 0.2) is 33.8 Å². The second kappa shape index (κ2) is 9.29. The van der Waals surface area contributed by atoms with Crippen LogP contribution in [0.5, 0.6) is 0 Å². The molecule has 1 saturated heterocycles. The Bertz CT molecular complexity index is 929. The molecule has 1 fully saturated rings. The number of hydrogen-bond donors (Lipinski definition) is 2. The Kier molecular flexibility index (Phi) is 6.79. The van der Waals surface area contributed by atoms with Gasteiger partial charge in [-0.2, -0.15) is 0 Å². The van der Waals surface area contributed by atoms with Crippen LogP contribution < -0.4 is 16.6 Å². The number of piperidine rings is 1. The van der Waals surface area contributed by atoms with Gasteiger partial charge in [0.05, 0.1) is 23.1 Å². The molecular formula is C19H24BrN5O3. The highest BCUT2D eigenvalue weighted by Gasteiger charge is 2.23. The molecule has 0 spiro atoms. The van der Waals surface area contributed by atoms with E-state index in [1.54, 1.807) is 12.1 Å². The lowest BCUT2D eigenvalue weighted by Gasteiger charge is -2.31. The second-order valence-corrected chi connectivity index (χ2v) is 8.00. The first-order chi connectivity index (χ1) is 13.4. The predicted molar refractivity (Wildman–Crippen MR) is 110 cm³/mol. The smallest absolute Gasteiger partial charge is 0.261 e. The zero-order valence-corrected chi connectivity index (χ0v) is 17.2. The van der Waals surface area contributed by atoms with Crippen molar-refractivity contribution in [1.29, 1.82) is 0 Å². The number of likely N-dealkylation sites (tertiary alicyclic amines) is 1. The predicted octanol–water partition coefficient (Wildman–Crippen LogP) is 0.863. The van der Waals surface area contributed by atoms with Crippen molar-refractivity contribution in [3.8, 4) is 0 Å². The Balaban J connectivity index is 1.47. The van der Waals surface area contributed by atoms with Crippen molar-refractivity contribution in [1.82, 2.24) is 19.8 Å². The van der Waals surface area contributed by atoms with Crippen LogP contribution in [0.2, 0.25) is 0 Å². The van der Waals surface area contributed by atoms with E-state index in [9.17, 15) is 14.4 Å². The molecule has 1 aromatic heterocycles. The van der Waals surface area contributed by atoms with E-state index in [4.69, 9.17) is 5.73 Å². The fourth-order valence-corrected chi connectivity index (χ4v) is 3.84. The summed E-state index contributed by atoms with van der Waals surface area (Å²) in [5.74, 6) is -0.540. The van der Waals surface area contributed by atoms with Gasteiger partial charge in [-0.3, -0.25) is 19.0 Å². The number of halogens is 1. The molecule has 1 unspecified atom stereocenters. The summed E-state index contributed by atoms with van der Waals surface area (Å²) in [4.78, 5) is 42.5. The number of nitrogens with zero attached hydrogens (tertiary/aromatic N) is 3. The third-order valence-electron chi connectivity index (χ3n) is 4.98. The number of nitrogens with one attached hydrogen (secondary N) is 1. The van der Waals surface area contributed by atoms with Crippen LogP contribution >= 0.6 is 15.9 Å². The van der Waals surface area contributed by atoms with Crippen molar-refractivity contribution in [2.45, 2.75) is 25.8 Å². The molecule has 1 aromatic carbocycles. The zero-order chi connectivity index (χ0) is 20.1. The fraction of sp³-hybridized carbons (Fsp3) is 0.474. The normalized spacial score (nSPS) is 17.5. The van der Waals surface area contributed by atoms with E-state index in [-0.39, 0.29) is 29.8 Å². The van der Waals surface area contributed by atoms with Gasteiger partial charge < -0.3 is 16.0 Å². The zero-order valence-electron chi connectivity index (χ0n) is 15.6. The summed E-state index contributed by atoms with van der Waals surface area (Å²) in [6.07, 6.45) is 3.99. The number of fused-ring (bicyclic) bond motifs is 1. The van der Waals surface area contributed by atoms with Crippen molar-refractivity contribution in [3.63, 3.8) is 0 Å². The lowest BCUT2D eigenvalue weighted by atomic mass is 9.97. The second-order valence-electron chi connectivity index (χ2n) is 7.08. The van der Waals surface area contributed by atoms with Crippen LogP contribution in [0.4, 0.5) is 0 Å². The number of hydrogen-bond acceptors (Lipinski definition) is 5. The van der Waals surface area contributed by atoms with Gasteiger partial charge in [-0.05, 0) is 50.6 Å². The molecule has 1 aliphatic rings. The number of nitrogens with two attached hydrogens (primary N) is 1. The van der Waals surface area contributed by atoms with Gasteiger partial charge in [0.25, 0.3) is 5.56 Å². The molecular weight excluding hydrogens is 426 g/mol. The molecule has 28 heavy (non-hydrogen) atoms. The number of carbonyl (C=O) groups is 2. The van der Waals surface area contributed by atoms with Gasteiger partial charge in [0, 0.05) is 17.6 Å². The lowest BCUT2D eigenvalue weighted by molar-refractivity contribution is -0.123. The van der Waals surface area contributed by atoms with E-state index in [1.807, 2.05) is 6.07 Å². The maximum absolute atomic E-state index is 12.5. The number of rotatable bonds is 7. The van der Waals surface area contributed by atoms with Gasteiger partial charge in [0.2, 0.25) is 11.8 Å². The number of amides is 2. The van der Waals surface area contributed by atoms with Crippen LogP contribution in [0.1, 0.15) is 19.3 Å². The van der Waals surface area contributed by atoms with Crippen LogP contribution in [0.3, 0.4) is 0 Å². The minimum Gasteiger partial charge on any atom is -0.369 e. The highest BCUT2D eigenvalue weighted by Crippen LogP contribution is 2.16. The van der Waals surface area contributed by atoms with E-state index >= 15 is 0 Å². The molecule has 1 aliphatic heterocycles. The van der Waals surface area contributed by atoms with Gasteiger partial charge in [-0.1, -0.05) is 15.9 Å². The first-order valence-corrected chi connectivity index (χ1v) is 10.2. The minimum absolute atomic E-state index is 0.0677. The Morgan fingerprint density at radius 1 is 1.36 bits per heavy atom. The Morgan fingerprint density at radius 2 is 2.18 bits per heavy atom. The molecule has 2 heterocycles. The van der Waals surface area contributed by atoms with E-state index in [2.05, 4.69) is 31.1 Å². The summed E-state index contributed by atoms with van der Waals surface area (Å²) in [7, 11) is 0. The average Bonchev–Trinajstić information content (AvgIpc) is 2.68. The number of primary amides is 1. The highest BCUT2D eigenvalue weighted by molar-refractivity contribution is 9.10. The molecule has 150 valence electrons. The number of carbonyl (C=O) groups excluding carboxylic acids is 2. The number of aromatic nitrogens is 2. The summed E-state index contributed by atoms with van der Waals surface area (Å²) >= 11 is 3.34. The van der Waals surface area contributed by atoms with Crippen molar-refractivity contribution in [2.24, 2.45) is 11.7 Å². The summed E-state index contributed by atoms with van der Waals surface area (Å²) in [5, 5.41) is 3.31. The van der Waals surface area contributed by atoms with E-state index in [1.165, 1.54) is 10.9 Å². The molecule has 2 aromatic rings. The van der Waals surface area contributed by atoms with Gasteiger partial charge in [0.15, 0.2) is 0 Å². The molecule has 0 aliphatic carbocycles. The molecule has 0 radical (unpaired) electrons. The molecule has 0 saturated carbocycles. The SMILES string of the molecule is NC(=O)C1CCCN(CCCNC(=O)Cn2cnc3ccc(Br)cc3c2=O)C1. The van der Waals surface area contributed by atoms with Gasteiger partial charge in [-0.25, -0.2) is 4.98 Å². The van der Waals surface area contributed by atoms with Gasteiger partial charge >= 0.3 is 0 Å². The van der Waals surface area contributed by atoms with Crippen LogP contribution in [-0.4, -0.2) is 52.4 Å². The van der Waals surface area contributed by atoms with Crippen LogP contribution in [0, 0.1) is 5.92 Å². The Morgan fingerprint density at radius 3 is 2.96 bits per heavy atom. The molecule has 8 nitrogen and oxygen atoms in total. The van der Waals surface area contributed by atoms with E-state index in [0.29, 0.717) is 24.0 Å². The first kappa shape index (κ1) is 20.5. The van der Waals surface area contributed by atoms with Crippen LogP contribution in [-0.2, 0) is 16.1 Å². The van der Waals surface area contributed by atoms with Crippen LogP contribution in [0.25, 0.3) is 10.9 Å². The van der Waals surface area contributed by atoms with Crippen molar-refractivity contribution >= 4 is 38.6 Å². The molecule has 2 amide bonds. The third-order valence-corrected chi connectivity index (χ3v) is 5.47. The average molecular weight is 450 g/mol. The monoisotopic (exact) mass is 449 g/mol. The molecule has 9 heteroatoms. The first-order valence-electron chi connectivity index (χ1n) is 9.37. The molecule has 3 N–H and O–H groups in total. The van der Waals surface area contributed by atoms with Gasteiger partial charge in [-0.15, -0.1) is 0 Å². The van der Waals surface area contributed by atoms with Crippen molar-refractivity contribution in [2.75, 3.05) is 26.2 Å². The van der Waals surface area contributed by atoms with E-state index in [0.717, 1.165) is 36.8 Å². The standard InChI is InChI=1S/C19H24BrN5O3/c20-14-4-5-16-15(9-14)19(28)25(12-23-16)11-17(26)22-6-2-8-24-7-1-3-13(10-24)18(21)27/h4-5,9,12-13H,1-3,6-8,10-11H2,(H2,21,27)(H,22,26). The topological polar surface area (TPSA) is 110 Å². The summed E-state index contributed by atoms with van der Waals surface area (Å²) < 4.78 is 2.10. The molecule has 0 bridgehead atoms. The maximum atomic E-state index is 12.5. The highest BCUT2D eigenvalue weighted by atomic mass is 79.9. The lowest BCUT2D eigenvalue weighted by Crippen LogP contribution is -2.42. The summed E-state index contributed by atoms with van der Waals surface area (Å²) in [6.45, 7) is 2.89. The third kappa shape index (κ3) is 5.17.